The van der Waals surface area contributed by atoms with E-state index in [0.29, 0.717) is 4.88 Å². The van der Waals surface area contributed by atoms with Crippen molar-refractivity contribution in [2.75, 3.05) is 0 Å². The summed E-state index contributed by atoms with van der Waals surface area (Å²) in [5.74, 6) is -1.30. The third-order valence-corrected chi connectivity index (χ3v) is 4.26. The van der Waals surface area contributed by atoms with Crippen LogP contribution in [0.1, 0.15) is 22.0 Å². The molecule has 0 radical (unpaired) electrons. The van der Waals surface area contributed by atoms with Gasteiger partial charge in [0.1, 0.15) is 5.82 Å². The highest BCUT2D eigenvalue weighted by molar-refractivity contribution is 9.11. The summed E-state index contributed by atoms with van der Waals surface area (Å²) in [4.78, 5) is 0.701. The second-order valence-corrected chi connectivity index (χ2v) is 6.35. The van der Waals surface area contributed by atoms with Crippen molar-refractivity contribution < 1.29 is 17.6 Å². The van der Waals surface area contributed by atoms with Crippen molar-refractivity contribution >= 4 is 27.3 Å². The number of benzene rings is 1. The van der Waals surface area contributed by atoms with Crippen LogP contribution in [0, 0.1) is 5.82 Å². The molecule has 19 heavy (non-hydrogen) atoms. The lowest BCUT2D eigenvalue weighted by atomic mass is 10.0. The number of hydrogen-bond acceptors (Lipinski definition) is 2. The fourth-order valence-corrected chi connectivity index (χ4v) is 3.07. The zero-order chi connectivity index (χ0) is 14.2. The molecule has 0 fully saturated rings. The molecule has 0 amide bonds. The van der Waals surface area contributed by atoms with Gasteiger partial charge in [-0.05, 0) is 45.8 Å². The zero-order valence-electron chi connectivity index (χ0n) is 9.34. The number of nitrogens with two attached hydrogens (primary N) is 1. The molecule has 0 aliphatic rings. The minimum absolute atomic E-state index is 0.225. The van der Waals surface area contributed by atoms with Gasteiger partial charge in [0.2, 0.25) is 0 Å². The summed E-state index contributed by atoms with van der Waals surface area (Å²) in [6.45, 7) is 0. The Balaban J connectivity index is 2.41. The quantitative estimate of drug-likeness (QED) is 0.777. The van der Waals surface area contributed by atoms with Crippen molar-refractivity contribution in [3.63, 3.8) is 0 Å². The first-order valence-corrected chi connectivity index (χ1v) is 6.77. The Morgan fingerprint density at radius 3 is 2.37 bits per heavy atom. The molecule has 2 N–H and O–H groups in total. The van der Waals surface area contributed by atoms with Crippen molar-refractivity contribution in [1.82, 2.24) is 0 Å². The summed E-state index contributed by atoms with van der Waals surface area (Å²) in [5, 5.41) is 0. The highest BCUT2D eigenvalue weighted by Crippen LogP contribution is 2.35. The molecule has 1 unspecified atom stereocenters. The molecule has 0 bridgehead atoms. The molecular formula is C12H8BrF4NS. The predicted octanol–water partition coefficient (Wildman–Crippen LogP) is 4.72. The summed E-state index contributed by atoms with van der Waals surface area (Å²) in [5.41, 5.74) is 4.82. The van der Waals surface area contributed by atoms with Gasteiger partial charge < -0.3 is 5.73 Å². The Hall–Kier alpha value is -0.920. The van der Waals surface area contributed by atoms with Gasteiger partial charge in [0, 0.05) is 4.88 Å². The number of rotatable bonds is 2. The van der Waals surface area contributed by atoms with Crippen LogP contribution in [0.5, 0.6) is 0 Å². The van der Waals surface area contributed by atoms with E-state index < -0.39 is 23.6 Å². The molecule has 102 valence electrons. The Bertz CT molecular complexity index is 594. The van der Waals surface area contributed by atoms with Crippen LogP contribution in [0.3, 0.4) is 0 Å². The van der Waals surface area contributed by atoms with Crippen LogP contribution < -0.4 is 5.73 Å². The summed E-state index contributed by atoms with van der Waals surface area (Å²) < 4.78 is 51.8. The smallest absolute Gasteiger partial charge is 0.320 e. The summed E-state index contributed by atoms with van der Waals surface area (Å²) in [6, 6.07) is 5.58. The van der Waals surface area contributed by atoms with Gasteiger partial charge in [-0.25, -0.2) is 4.39 Å². The van der Waals surface area contributed by atoms with E-state index in [1.807, 2.05) is 0 Å². The Kier molecular flexibility index (Phi) is 3.98. The first-order valence-electron chi connectivity index (χ1n) is 5.16. The van der Waals surface area contributed by atoms with Gasteiger partial charge >= 0.3 is 6.18 Å². The van der Waals surface area contributed by atoms with Gasteiger partial charge in [-0.3, -0.25) is 0 Å². The highest BCUT2D eigenvalue weighted by atomic mass is 79.9. The largest absolute Gasteiger partial charge is 0.419 e. The molecule has 0 spiro atoms. The molecule has 2 aromatic rings. The van der Waals surface area contributed by atoms with E-state index >= 15 is 0 Å². The molecular weight excluding hydrogens is 346 g/mol. The Labute approximate surface area is 119 Å². The average Bonchev–Trinajstić information content (AvgIpc) is 2.74. The van der Waals surface area contributed by atoms with E-state index in [0.717, 1.165) is 15.9 Å². The molecule has 0 saturated carbocycles. The van der Waals surface area contributed by atoms with Crippen molar-refractivity contribution in [2.45, 2.75) is 12.2 Å². The molecule has 2 rings (SSSR count). The van der Waals surface area contributed by atoms with Crippen LogP contribution in [0.25, 0.3) is 0 Å². The minimum atomic E-state index is -4.73. The van der Waals surface area contributed by atoms with Crippen molar-refractivity contribution in [3.8, 4) is 0 Å². The zero-order valence-corrected chi connectivity index (χ0v) is 11.7. The molecule has 0 aliphatic heterocycles. The average molecular weight is 354 g/mol. The molecule has 1 atom stereocenters. The third-order valence-electron chi connectivity index (χ3n) is 2.56. The van der Waals surface area contributed by atoms with Crippen molar-refractivity contribution in [2.24, 2.45) is 5.73 Å². The van der Waals surface area contributed by atoms with E-state index in [2.05, 4.69) is 15.9 Å². The number of halogens is 5. The van der Waals surface area contributed by atoms with E-state index in [1.54, 1.807) is 12.1 Å². The molecule has 7 heteroatoms. The fourth-order valence-electron chi connectivity index (χ4n) is 1.61. The second-order valence-electron chi connectivity index (χ2n) is 3.86. The predicted molar refractivity (Wildman–Crippen MR) is 69.5 cm³/mol. The highest BCUT2D eigenvalue weighted by Gasteiger charge is 2.34. The maximum Gasteiger partial charge on any atom is 0.419 e. The van der Waals surface area contributed by atoms with Crippen LogP contribution in [-0.2, 0) is 6.18 Å². The Morgan fingerprint density at radius 1 is 1.16 bits per heavy atom. The van der Waals surface area contributed by atoms with Crippen LogP contribution in [0.15, 0.2) is 34.1 Å². The molecule has 1 aromatic heterocycles. The standard InChI is InChI=1S/C12H8BrF4NS/c13-10-4-3-9(19-10)11(18)6-1-2-8(14)7(5-6)12(15,16)17/h1-5,11H,18H2. The summed E-state index contributed by atoms with van der Waals surface area (Å²) in [7, 11) is 0. The lowest BCUT2D eigenvalue weighted by Gasteiger charge is -2.14. The van der Waals surface area contributed by atoms with Crippen LogP contribution in [-0.4, -0.2) is 0 Å². The van der Waals surface area contributed by atoms with Crippen molar-refractivity contribution in [1.29, 1.82) is 0 Å². The van der Waals surface area contributed by atoms with E-state index in [1.165, 1.54) is 17.4 Å². The first kappa shape index (κ1) is 14.5. The van der Waals surface area contributed by atoms with Gasteiger partial charge in [-0.15, -0.1) is 11.3 Å². The van der Waals surface area contributed by atoms with Gasteiger partial charge in [-0.2, -0.15) is 13.2 Å². The van der Waals surface area contributed by atoms with Crippen LogP contribution in [0.4, 0.5) is 17.6 Å². The molecule has 1 aromatic carbocycles. The van der Waals surface area contributed by atoms with E-state index in [-0.39, 0.29) is 5.56 Å². The Morgan fingerprint density at radius 2 is 1.84 bits per heavy atom. The molecule has 0 saturated heterocycles. The second kappa shape index (κ2) is 5.22. The van der Waals surface area contributed by atoms with Gasteiger partial charge in [0.25, 0.3) is 0 Å². The number of thiophene rings is 1. The van der Waals surface area contributed by atoms with Gasteiger partial charge in [0.05, 0.1) is 15.4 Å². The molecule has 1 nitrogen and oxygen atoms in total. The van der Waals surface area contributed by atoms with Gasteiger partial charge in [0.15, 0.2) is 0 Å². The minimum Gasteiger partial charge on any atom is -0.320 e. The molecule has 1 heterocycles. The maximum absolute atomic E-state index is 13.2. The van der Waals surface area contributed by atoms with Gasteiger partial charge in [-0.1, -0.05) is 6.07 Å². The summed E-state index contributed by atoms with van der Waals surface area (Å²) in [6.07, 6.45) is -4.73. The van der Waals surface area contributed by atoms with E-state index in [9.17, 15) is 17.6 Å². The van der Waals surface area contributed by atoms with Crippen molar-refractivity contribution in [3.05, 3.63) is 55.9 Å². The summed E-state index contributed by atoms with van der Waals surface area (Å²) >= 11 is 4.58. The monoisotopic (exact) mass is 353 g/mol. The third kappa shape index (κ3) is 3.16. The molecule has 0 aliphatic carbocycles. The maximum atomic E-state index is 13.2. The lowest BCUT2D eigenvalue weighted by Crippen LogP contribution is -2.14. The van der Waals surface area contributed by atoms with Crippen LogP contribution >= 0.6 is 27.3 Å². The normalized spacial score (nSPS) is 13.6. The topological polar surface area (TPSA) is 26.0 Å². The first-order chi connectivity index (χ1) is 8.79. The van der Waals surface area contributed by atoms with E-state index in [4.69, 9.17) is 5.73 Å². The van der Waals surface area contributed by atoms with Crippen LogP contribution in [0.2, 0.25) is 0 Å². The fraction of sp³-hybridized carbons (Fsp3) is 0.167. The SMILES string of the molecule is NC(c1ccc(F)c(C(F)(F)F)c1)c1ccc(Br)s1. The lowest BCUT2D eigenvalue weighted by molar-refractivity contribution is -0.140. The number of alkyl halides is 3. The number of hydrogen-bond donors (Lipinski definition) is 1.